The Morgan fingerprint density at radius 1 is 0.333 bits per heavy atom. The Kier molecular flexibility index (Phi) is 14.6. The third-order valence-corrected chi connectivity index (χ3v) is 12.1. The maximum atomic E-state index is 6.72. The standard InChI is InChI=1S/C54H54N12O6/c1-4-7-19-28-67-46-31-40-43(34-49(46)70-52-55-58-61-64(52)37-22-13-10-14-23-37)41-32-47(68-29-20-8-5-2)51(72-54-57-60-63-66(54)39-26-17-12-18-27-39)36-45(41)42-33-48(69-30-21-9-6-3)50(35-44(40)42)71-53-56-59-62-65(53)38-24-15-11-16-25-38/h10-18,22-27,31-36H,4-9,19-21,28-30H2,1-3H3. The first-order chi connectivity index (χ1) is 35.6. The normalized spacial score (nSPS) is 11.4. The van der Waals surface area contributed by atoms with Crippen LogP contribution in [0.2, 0.25) is 0 Å². The number of hydrogen-bond acceptors (Lipinski definition) is 15. The van der Waals surface area contributed by atoms with Crippen molar-refractivity contribution in [3.8, 4) is 69.6 Å². The molecule has 0 bridgehead atoms. The highest BCUT2D eigenvalue weighted by Gasteiger charge is 2.24. The molecule has 366 valence electrons. The smallest absolute Gasteiger partial charge is 0.346 e. The number of fused-ring (bicyclic) bond motifs is 6. The number of unbranched alkanes of at least 4 members (excludes halogenated alkanes) is 6. The van der Waals surface area contributed by atoms with Crippen LogP contribution in [0.4, 0.5) is 0 Å². The van der Waals surface area contributed by atoms with Crippen molar-refractivity contribution in [1.29, 1.82) is 0 Å². The van der Waals surface area contributed by atoms with Crippen LogP contribution in [0, 0.1) is 0 Å². The summed E-state index contributed by atoms with van der Waals surface area (Å²) in [5.41, 5.74) is 2.19. The highest BCUT2D eigenvalue weighted by molar-refractivity contribution is 6.27. The van der Waals surface area contributed by atoms with Gasteiger partial charge in [-0.1, -0.05) is 129 Å². The van der Waals surface area contributed by atoms with E-state index in [1.54, 1.807) is 14.0 Å². The zero-order valence-corrected chi connectivity index (χ0v) is 40.4. The van der Waals surface area contributed by atoms with E-state index in [9.17, 15) is 0 Å². The second-order valence-corrected chi connectivity index (χ2v) is 17.1. The quantitative estimate of drug-likeness (QED) is 0.0411. The van der Waals surface area contributed by atoms with Crippen molar-refractivity contribution in [2.45, 2.75) is 78.6 Å². The molecule has 0 aliphatic rings. The van der Waals surface area contributed by atoms with Gasteiger partial charge in [-0.15, -0.1) is 0 Å². The first kappa shape index (κ1) is 47.0. The van der Waals surface area contributed by atoms with Crippen molar-refractivity contribution >= 4 is 32.3 Å². The summed E-state index contributed by atoms with van der Waals surface area (Å²) in [6.45, 7) is 7.85. The Labute approximate surface area is 415 Å². The Morgan fingerprint density at radius 3 is 0.861 bits per heavy atom. The van der Waals surface area contributed by atoms with Crippen LogP contribution in [-0.2, 0) is 0 Å². The predicted molar refractivity (Wildman–Crippen MR) is 272 cm³/mol. The lowest BCUT2D eigenvalue weighted by Crippen LogP contribution is -2.04. The third kappa shape index (κ3) is 10.3. The lowest BCUT2D eigenvalue weighted by molar-refractivity contribution is 0.289. The molecule has 0 radical (unpaired) electrons. The maximum Gasteiger partial charge on any atom is 0.346 e. The number of hydrogen-bond donors (Lipinski definition) is 0. The second kappa shape index (κ2) is 22.4. The lowest BCUT2D eigenvalue weighted by Gasteiger charge is -2.20. The van der Waals surface area contributed by atoms with Crippen molar-refractivity contribution in [2.75, 3.05) is 19.8 Å². The van der Waals surface area contributed by atoms with E-state index in [0.717, 1.165) is 107 Å². The molecule has 0 unspecified atom stereocenters. The Hall–Kier alpha value is -8.67. The lowest BCUT2D eigenvalue weighted by atomic mass is 9.93. The van der Waals surface area contributed by atoms with Gasteiger partial charge in [0.05, 0.1) is 36.9 Å². The summed E-state index contributed by atoms with van der Waals surface area (Å²) in [7, 11) is 0. The molecule has 7 aromatic carbocycles. The third-order valence-electron chi connectivity index (χ3n) is 12.1. The number of rotatable bonds is 24. The van der Waals surface area contributed by atoms with Gasteiger partial charge in [0.15, 0.2) is 34.5 Å². The van der Waals surface area contributed by atoms with Gasteiger partial charge in [-0.05, 0) is 156 Å². The highest BCUT2D eigenvalue weighted by Crippen LogP contribution is 2.49. The number of nitrogens with zero attached hydrogens (tertiary/aromatic N) is 12. The molecule has 0 atom stereocenters. The summed E-state index contributed by atoms with van der Waals surface area (Å²) in [5.74, 6) is 2.74. The number of ether oxygens (including phenoxy) is 6. The van der Waals surface area contributed by atoms with Gasteiger partial charge in [0.25, 0.3) is 0 Å². The molecule has 3 aromatic heterocycles. The van der Waals surface area contributed by atoms with E-state index < -0.39 is 0 Å². The zero-order chi connectivity index (χ0) is 49.1. The second-order valence-electron chi connectivity index (χ2n) is 17.1. The topological polar surface area (TPSA) is 186 Å². The van der Waals surface area contributed by atoms with Crippen molar-refractivity contribution in [3.63, 3.8) is 0 Å². The molecule has 0 saturated heterocycles. The maximum absolute atomic E-state index is 6.72. The molecule has 3 heterocycles. The summed E-state index contributed by atoms with van der Waals surface area (Å²) in [5, 5.41) is 42.7. The summed E-state index contributed by atoms with van der Waals surface area (Å²) in [4.78, 5) is 0. The Bertz CT molecular complexity index is 3000. The molecule has 0 aliphatic heterocycles. The molecule has 0 saturated carbocycles. The number of tetrazole rings is 3. The molecule has 18 heteroatoms. The molecule has 0 spiro atoms. The number of aromatic nitrogens is 12. The molecule has 0 amide bonds. The minimum absolute atomic E-state index is 0.160. The zero-order valence-electron chi connectivity index (χ0n) is 40.4. The van der Waals surface area contributed by atoms with Gasteiger partial charge in [0.2, 0.25) is 0 Å². The number of para-hydroxylation sites is 3. The van der Waals surface area contributed by atoms with Crippen molar-refractivity contribution in [3.05, 3.63) is 127 Å². The van der Waals surface area contributed by atoms with Gasteiger partial charge < -0.3 is 28.4 Å². The minimum Gasteiger partial charge on any atom is -0.490 e. The van der Waals surface area contributed by atoms with Crippen molar-refractivity contribution in [2.24, 2.45) is 0 Å². The molecule has 10 aromatic rings. The first-order valence-corrected chi connectivity index (χ1v) is 24.6. The van der Waals surface area contributed by atoms with Crippen LogP contribution in [0.3, 0.4) is 0 Å². The van der Waals surface area contributed by atoms with Crippen molar-refractivity contribution in [1.82, 2.24) is 60.6 Å². The van der Waals surface area contributed by atoms with Gasteiger partial charge in [-0.2, -0.15) is 14.0 Å². The van der Waals surface area contributed by atoms with E-state index in [4.69, 9.17) is 28.4 Å². The summed E-state index contributed by atoms with van der Waals surface area (Å²) < 4.78 is 44.8. The van der Waals surface area contributed by atoms with Crippen molar-refractivity contribution < 1.29 is 28.4 Å². The first-order valence-electron chi connectivity index (χ1n) is 24.6. The van der Waals surface area contributed by atoms with Crippen LogP contribution >= 0.6 is 0 Å². The summed E-state index contributed by atoms with van der Waals surface area (Å²) in [6.07, 6.45) is 8.61. The van der Waals surface area contributed by atoms with Crippen LogP contribution in [0.5, 0.6) is 52.5 Å². The molecule has 0 N–H and O–H groups in total. The van der Waals surface area contributed by atoms with Gasteiger partial charge in [-0.3, -0.25) is 0 Å². The van der Waals surface area contributed by atoms with Crippen LogP contribution in [0.1, 0.15) is 78.6 Å². The van der Waals surface area contributed by atoms with Gasteiger partial charge >= 0.3 is 18.0 Å². The molecular formula is C54H54N12O6. The van der Waals surface area contributed by atoms with Crippen LogP contribution in [-0.4, -0.2) is 80.4 Å². The molecule has 0 aliphatic carbocycles. The average Bonchev–Trinajstić information content (AvgIpc) is 4.21. The fourth-order valence-corrected chi connectivity index (χ4v) is 8.41. The Morgan fingerprint density at radius 2 is 0.597 bits per heavy atom. The number of benzene rings is 7. The van der Waals surface area contributed by atoms with Gasteiger partial charge in [0.1, 0.15) is 0 Å². The predicted octanol–water partition coefficient (Wildman–Crippen LogP) is 12.2. The fraction of sp³-hybridized carbons (Fsp3) is 0.278. The highest BCUT2D eigenvalue weighted by atomic mass is 16.5. The van der Waals surface area contributed by atoms with E-state index in [0.29, 0.717) is 54.3 Å². The minimum atomic E-state index is 0.160. The van der Waals surface area contributed by atoms with E-state index in [1.807, 2.05) is 127 Å². The van der Waals surface area contributed by atoms with E-state index in [-0.39, 0.29) is 18.0 Å². The van der Waals surface area contributed by atoms with Crippen LogP contribution < -0.4 is 28.4 Å². The average molecular weight is 967 g/mol. The van der Waals surface area contributed by atoms with E-state index >= 15 is 0 Å². The van der Waals surface area contributed by atoms with Crippen LogP contribution in [0.25, 0.3) is 49.4 Å². The monoisotopic (exact) mass is 966 g/mol. The summed E-state index contributed by atoms with van der Waals surface area (Å²) >= 11 is 0. The van der Waals surface area contributed by atoms with E-state index in [1.165, 1.54) is 0 Å². The molecule has 72 heavy (non-hydrogen) atoms. The molecule has 18 nitrogen and oxygen atoms in total. The fourth-order valence-electron chi connectivity index (χ4n) is 8.41. The molecular weight excluding hydrogens is 913 g/mol. The van der Waals surface area contributed by atoms with E-state index in [2.05, 4.69) is 67.3 Å². The molecule has 10 rings (SSSR count). The Balaban J connectivity index is 1.22. The SMILES string of the molecule is CCCCCOc1cc2c(cc1Oc1nnnn1-c1ccccc1)c1cc(OCCCCC)c(Oc3nnnn3-c3ccccc3)cc1c1cc(OCCCCC)c(Oc3nnnn3-c3ccccc3)cc21. The van der Waals surface area contributed by atoms with Gasteiger partial charge in [-0.25, -0.2) is 0 Å². The van der Waals surface area contributed by atoms with Crippen LogP contribution in [0.15, 0.2) is 127 Å². The molecule has 0 fully saturated rings. The van der Waals surface area contributed by atoms with Gasteiger partial charge in [0, 0.05) is 0 Å². The summed E-state index contributed by atoms with van der Waals surface area (Å²) in [6, 6.07) is 41.2. The largest absolute Gasteiger partial charge is 0.490 e.